The summed E-state index contributed by atoms with van der Waals surface area (Å²) in [5.41, 5.74) is 0.0973. The lowest BCUT2D eigenvalue weighted by atomic mass is 9.78. The summed E-state index contributed by atoms with van der Waals surface area (Å²) in [6.07, 6.45) is 13.2. The minimum atomic E-state index is -0.294. The average molecular weight is 822 g/mol. The van der Waals surface area contributed by atoms with Crippen LogP contribution in [0.25, 0.3) is 0 Å². The molecule has 0 spiro atoms. The zero-order chi connectivity index (χ0) is 44.3. The number of hydrogen-bond acceptors (Lipinski definition) is 11. The highest BCUT2D eigenvalue weighted by Crippen LogP contribution is 2.41. The van der Waals surface area contributed by atoms with Crippen LogP contribution in [-0.2, 0) is 38.1 Å². The lowest BCUT2D eigenvalue weighted by molar-refractivity contribution is -0.160. The maximum absolute atomic E-state index is 12.4. The molecule has 0 bridgehead atoms. The minimum absolute atomic E-state index is 0.00474. The highest BCUT2D eigenvalue weighted by atomic mass is 16.5. The van der Waals surface area contributed by atoms with Crippen LogP contribution in [-0.4, -0.2) is 124 Å². The van der Waals surface area contributed by atoms with Crippen molar-refractivity contribution < 1.29 is 38.1 Å². The molecule has 0 aliphatic carbocycles. The highest BCUT2D eigenvalue weighted by molar-refractivity contribution is 5.80. The standard InChI is InChI=1S/C30H56N2O4.C17H31NO4/c1-27(2)19-23(20-28(3,4)31(27)9)35-25(33)17-15-13-11-12-14-16-18-26(34)36-24-21-29(5,6)32(10)30(7,8)22-24;1-13(19)7-8-15(20)22-10-9-18-16(2,3)11-14(21-6)12-17(18,4)5/h23-24H,11-22H2,1-10H3;14H,7-12H2,1-6H3. The average Bonchev–Trinajstić information content (AvgIpc) is 3.06. The Morgan fingerprint density at radius 2 is 0.828 bits per heavy atom. The lowest BCUT2D eigenvalue weighted by Crippen LogP contribution is -2.62. The number of ketones is 1. The summed E-state index contributed by atoms with van der Waals surface area (Å²) >= 11 is 0. The number of carbonyl (C=O) groups excluding carboxylic acids is 4. The van der Waals surface area contributed by atoms with Gasteiger partial charge in [0.1, 0.15) is 24.6 Å². The number of likely N-dealkylation sites (tertiary alicyclic amines) is 3. The maximum Gasteiger partial charge on any atom is 0.306 e. The van der Waals surface area contributed by atoms with E-state index in [9.17, 15) is 19.2 Å². The molecule has 3 aliphatic rings. The molecule has 3 fully saturated rings. The van der Waals surface area contributed by atoms with E-state index in [-0.39, 0.29) is 88.1 Å². The molecule has 0 saturated carbocycles. The summed E-state index contributed by atoms with van der Waals surface area (Å²) < 4.78 is 22.5. The predicted molar refractivity (Wildman–Crippen MR) is 233 cm³/mol. The van der Waals surface area contributed by atoms with Gasteiger partial charge in [-0.15, -0.1) is 0 Å². The summed E-state index contributed by atoms with van der Waals surface area (Å²) in [6, 6.07) is 0. The number of rotatable bonds is 18. The predicted octanol–water partition coefficient (Wildman–Crippen LogP) is 9.06. The zero-order valence-electron chi connectivity index (χ0n) is 40.1. The number of ether oxygens (including phenoxy) is 4. The van der Waals surface area contributed by atoms with E-state index >= 15 is 0 Å². The second-order valence-electron chi connectivity index (χ2n) is 21.5. The van der Waals surface area contributed by atoms with Crippen molar-refractivity contribution in [3.05, 3.63) is 0 Å². The molecule has 0 atom stereocenters. The van der Waals surface area contributed by atoms with Crippen molar-refractivity contribution in [1.29, 1.82) is 0 Å². The number of Topliss-reactive ketones (excluding diaryl/α,β-unsaturated/α-hetero) is 1. The van der Waals surface area contributed by atoms with Gasteiger partial charge in [0.2, 0.25) is 0 Å². The molecule has 11 heteroatoms. The van der Waals surface area contributed by atoms with E-state index in [1.807, 2.05) is 0 Å². The Hall–Kier alpha value is -2.08. The molecule has 0 aromatic carbocycles. The quantitative estimate of drug-likeness (QED) is 0.0750. The fourth-order valence-electron chi connectivity index (χ4n) is 10.1. The first-order valence-corrected chi connectivity index (χ1v) is 22.4. The minimum Gasteiger partial charge on any atom is -0.464 e. The van der Waals surface area contributed by atoms with Gasteiger partial charge in [0.15, 0.2) is 0 Å². The van der Waals surface area contributed by atoms with Gasteiger partial charge in [-0.1, -0.05) is 25.7 Å². The number of unbranched alkanes of at least 4 members (excludes halogenated alkanes) is 5. The third-order valence-corrected chi connectivity index (χ3v) is 13.7. The van der Waals surface area contributed by atoms with Crippen LogP contribution in [0.15, 0.2) is 0 Å². The van der Waals surface area contributed by atoms with Crippen molar-refractivity contribution in [1.82, 2.24) is 14.7 Å². The molecule has 338 valence electrons. The van der Waals surface area contributed by atoms with Gasteiger partial charge in [0.05, 0.1) is 12.5 Å². The summed E-state index contributed by atoms with van der Waals surface area (Å²) in [4.78, 5) is 54.5. The molecule has 0 unspecified atom stereocenters. The smallest absolute Gasteiger partial charge is 0.306 e. The Morgan fingerprint density at radius 3 is 1.17 bits per heavy atom. The van der Waals surface area contributed by atoms with E-state index < -0.39 is 0 Å². The largest absolute Gasteiger partial charge is 0.464 e. The molecule has 0 N–H and O–H groups in total. The maximum atomic E-state index is 12.4. The third-order valence-electron chi connectivity index (χ3n) is 13.7. The Morgan fingerprint density at radius 1 is 0.483 bits per heavy atom. The van der Waals surface area contributed by atoms with Crippen molar-refractivity contribution in [2.24, 2.45) is 0 Å². The van der Waals surface area contributed by atoms with Crippen LogP contribution in [0.1, 0.15) is 193 Å². The van der Waals surface area contributed by atoms with Gasteiger partial charge in [-0.2, -0.15) is 0 Å². The fraction of sp³-hybridized carbons (Fsp3) is 0.915. The van der Waals surface area contributed by atoms with E-state index in [4.69, 9.17) is 18.9 Å². The van der Waals surface area contributed by atoms with Gasteiger partial charge >= 0.3 is 17.9 Å². The van der Waals surface area contributed by atoms with Gasteiger partial charge < -0.3 is 23.7 Å². The Kier molecular flexibility index (Phi) is 19.4. The van der Waals surface area contributed by atoms with Crippen molar-refractivity contribution in [3.8, 4) is 0 Å². The molecule has 0 aromatic rings. The molecule has 58 heavy (non-hydrogen) atoms. The number of hydrogen-bond donors (Lipinski definition) is 0. The monoisotopic (exact) mass is 822 g/mol. The lowest BCUT2D eigenvalue weighted by Gasteiger charge is -2.55. The molecule has 0 amide bonds. The van der Waals surface area contributed by atoms with Crippen LogP contribution in [0.2, 0.25) is 0 Å². The van der Waals surface area contributed by atoms with Gasteiger partial charge in [-0.05, 0) is 130 Å². The molecular weight excluding hydrogens is 735 g/mol. The van der Waals surface area contributed by atoms with Crippen LogP contribution < -0.4 is 0 Å². The van der Waals surface area contributed by atoms with Gasteiger partial charge in [-0.3, -0.25) is 29.1 Å². The molecule has 11 nitrogen and oxygen atoms in total. The van der Waals surface area contributed by atoms with Crippen LogP contribution in [0.5, 0.6) is 0 Å². The Labute approximate surface area is 354 Å². The first-order valence-electron chi connectivity index (χ1n) is 22.4. The van der Waals surface area contributed by atoms with Crippen LogP contribution in [0.3, 0.4) is 0 Å². The van der Waals surface area contributed by atoms with E-state index in [2.05, 4.69) is 112 Å². The number of esters is 3. The van der Waals surface area contributed by atoms with Gasteiger partial charge in [0, 0.05) is 91.8 Å². The normalized spacial score (nSPS) is 23.3. The zero-order valence-corrected chi connectivity index (χ0v) is 40.1. The third kappa shape index (κ3) is 16.4. The van der Waals surface area contributed by atoms with E-state index in [0.717, 1.165) is 77.0 Å². The van der Waals surface area contributed by atoms with Gasteiger partial charge in [0.25, 0.3) is 0 Å². The first-order chi connectivity index (χ1) is 26.5. The van der Waals surface area contributed by atoms with Crippen molar-refractivity contribution in [2.45, 2.75) is 244 Å². The van der Waals surface area contributed by atoms with Crippen molar-refractivity contribution in [2.75, 3.05) is 34.4 Å². The van der Waals surface area contributed by atoms with Crippen LogP contribution >= 0.6 is 0 Å². The van der Waals surface area contributed by atoms with E-state index in [0.29, 0.717) is 26.0 Å². The van der Waals surface area contributed by atoms with Crippen LogP contribution in [0, 0.1) is 0 Å². The molecule has 3 heterocycles. The molecular formula is C47H87N3O8. The molecule has 3 saturated heterocycles. The summed E-state index contributed by atoms with van der Waals surface area (Å²) in [5.74, 6) is -0.392. The van der Waals surface area contributed by atoms with Crippen molar-refractivity contribution >= 4 is 23.7 Å². The summed E-state index contributed by atoms with van der Waals surface area (Å²) in [7, 11) is 6.10. The second-order valence-corrected chi connectivity index (χ2v) is 21.5. The number of carbonyl (C=O) groups is 4. The molecule has 3 rings (SSSR count). The molecule has 0 aromatic heterocycles. The summed E-state index contributed by atoms with van der Waals surface area (Å²) in [5, 5.41) is 0. The highest BCUT2D eigenvalue weighted by Gasteiger charge is 2.47. The summed E-state index contributed by atoms with van der Waals surface area (Å²) in [6.45, 7) is 29.2. The van der Waals surface area contributed by atoms with Crippen LogP contribution in [0.4, 0.5) is 0 Å². The van der Waals surface area contributed by atoms with E-state index in [1.165, 1.54) is 6.92 Å². The Balaban J connectivity index is 0.000000451. The molecule has 0 radical (unpaired) electrons. The molecule has 3 aliphatic heterocycles. The number of piperidine rings is 3. The fourth-order valence-corrected chi connectivity index (χ4v) is 10.1. The first kappa shape index (κ1) is 52.1. The topological polar surface area (TPSA) is 115 Å². The van der Waals surface area contributed by atoms with Crippen molar-refractivity contribution in [3.63, 3.8) is 0 Å². The van der Waals surface area contributed by atoms with E-state index in [1.54, 1.807) is 7.11 Å². The number of nitrogens with zero attached hydrogens (tertiary/aromatic N) is 3. The number of methoxy groups -OCH3 is 1. The Bertz CT molecular complexity index is 1220. The van der Waals surface area contributed by atoms with Gasteiger partial charge in [-0.25, -0.2) is 0 Å². The SMILES string of the molecule is CN1C(C)(C)CC(OC(=O)CCCCCCCCC(=O)OC2CC(C)(C)N(C)C(C)(C)C2)CC1(C)C.COC1CC(C)(C)N(CCOC(=O)CCC(C)=O)C(C)(C)C1. The second kappa shape index (κ2) is 21.6.